The molecule has 2 aromatic carbocycles. The van der Waals surface area contributed by atoms with Gasteiger partial charge in [-0.1, -0.05) is 12.2 Å². The zero-order valence-electron chi connectivity index (χ0n) is 21.8. The fourth-order valence-electron chi connectivity index (χ4n) is 4.82. The summed E-state index contributed by atoms with van der Waals surface area (Å²) >= 11 is 0. The number of hydrogen-bond acceptors (Lipinski definition) is 12. The maximum absolute atomic E-state index is 10.5. The smallest absolute Gasteiger partial charge is 0.200 e. The lowest BCUT2D eigenvalue weighted by atomic mass is 9.90. The Morgan fingerprint density at radius 3 is 2.13 bits per heavy atom. The molecule has 2 aromatic rings. The molecular weight excluding hydrogens is 516 g/mol. The molecule has 7 atom stereocenters. The van der Waals surface area contributed by atoms with Gasteiger partial charge in [-0.3, -0.25) is 0 Å². The lowest BCUT2D eigenvalue weighted by Crippen LogP contribution is -2.59. The van der Waals surface area contributed by atoms with E-state index in [0.717, 1.165) is 5.56 Å². The van der Waals surface area contributed by atoms with E-state index in [1.165, 1.54) is 21.3 Å². The first-order valence-corrected chi connectivity index (χ1v) is 12.3. The Bertz CT molecular complexity index is 1140. The Kier molecular flexibility index (Phi) is 9.18. The molecule has 2 aliphatic heterocycles. The lowest BCUT2D eigenvalue weighted by Gasteiger charge is -2.40. The zero-order valence-corrected chi connectivity index (χ0v) is 21.8. The van der Waals surface area contributed by atoms with Crippen LogP contribution in [0.4, 0.5) is 0 Å². The van der Waals surface area contributed by atoms with Gasteiger partial charge in [-0.2, -0.15) is 0 Å². The summed E-state index contributed by atoms with van der Waals surface area (Å²) in [5.41, 5.74) is 1.99. The second-order valence-corrected chi connectivity index (χ2v) is 9.18. The Balaban J connectivity index is 1.74. The highest BCUT2D eigenvalue weighted by molar-refractivity contribution is 5.63. The molecule has 214 valence electrons. The molecule has 4 rings (SSSR count). The van der Waals surface area contributed by atoms with Crippen molar-refractivity contribution in [3.63, 3.8) is 0 Å². The summed E-state index contributed by atoms with van der Waals surface area (Å²) in [6.45, 7) is -0.842. The van der Waals surface area contributed by atoms with Crippen molar-refractivity contribution in [1.29, 1.82) is 0 Å². The third kappa shape index (κ3) is 5.63. The number of phenolic OH excluding ortho intramolecular Hbond substituents is 1. The van der Waals surface area contributed by atoms with E-state index in [9.17, 15) is 30.6 Å². The van der Waals surface area contributed by atoms with E-state index in [2.05, 4.69) is 0 Å². The molecule has 0 radical (unpaired) electrons. The lowest BCUT2D eigenvalue weighted by molar-refractivity contribution is -0.302. The maximum atomic E-state index is 10.5. The number of aliphatic hydroxyl groups is 5. The van der Waals surface area contributed by atoms with E-state index in [1.807, 2.05) is 6.07 Å². The predicted molar refractivity (Wildman–Crippen MR) is 136 cm³/mol. The number of hydrogen-bond donors (Lipinski definition) is 6. The highest BCUT2D eigenvalue weighted by Crippen LogP contribution is 2.53. The maximum Gasteiger partial charge on any atom is 0.200 e. The molecule has 12 heteroatoms. The molecule has 0 saturated carbocycles. The van der Waals surface area contributed by atoms with E-state index in [1.54, 1.807) is 30.4 Å². The average Bonchev–Trinajstić information content (AvgIpc) is 3.32. The minimum absolute atomic E-state index is 0.0951. The molecule has 0 unspecified atom stereocenters. The van der Waals surface area contributed by atoms with Crippen LogP contribution >= 0.6 is 0 Å². The van der Waals surface area contributed by atoms with Gasteiger partial charge in [0.2, 0.25) is 5.75 Å². The standard InChI is InChI=1S/C27H34O12/c1-34-17-9-14(10-18(35-2)21(17)30)25-16(12-37-27-24(33)23(32)22(31)20(11-29)38-27)15-7-13(5-4-6-28)8-19(36-3)26(15)39-25/h4-5,7-10,16,20,22-25,27-33H,6,11-12H2,1-3H3/b5-4+/t16-,20+,22+,23-,24+,25+,27+/m0/s1. The molecule has 0 bridgehead atoms. The SMILES string of the molecule is COc1cc([C@H]2Oc3c(OC)cc(/C=C/CO)cc3[C@@H]2CO[C@@H]2O[C@H](CO)[C@@H](O)[C@H](O)[C@H]2O)cc(OC)c1O. The predicted octanol–water partition coefficient (Wildman–Crippen LogP) is 0.457. The summed E-state index contributed by atoms with van der Waals surface area (Å²) in [6, 6.07) is 6.81. The van der Waals surface area contributed by atoms with Crippen molar-refractivity contribution in [1.82, 2.24) is 0 Å². The second kappa shape index (κ2) is 12.4. The van der Waals surface area contributed by atoms with Crippen LogP contribution in [0.1, 0.15) is 28.7 Å². The number of aliphatic hydroxyl groups excluding tert-OH is 5. The molecule has 6 N–H and O–H groups in total. The first kappa shape index (κ1) is 28.9. The minimum Gasteiger partial charge on any atom is -0.502 e. The summed E-state index contributed by atoms with van der Waals surface area (Å²) in [5.74, 6) is 0.484. The van der Waals surface area contributed by atoms with Gasteiger partial charge in [-0.25, -0.2) is 0 Å². The molecule has 1 fully saturated rings. The molecule has 0 aliphatic carbocycles. The van der Waals surface area contributed by atoms with Crippen molar-refractivity contribution in [2.24, 2.45) is 0 Å². The Labute approximate surface area is 225 Å². The molecule has 12 nitrogen and oxygen atoms in total. The van der Waals surface area contributed by atoms with Crippen LogP contribution < -0.4 is 18.9 Å². The number of phenols is 1. The minimum atomic E-state index is -1.59. The number of ether oxygens (including phenoxy) is 6. The summed E-state index contributed by atoms with van der Waals surface area (Å²) in [6.07, 6.45) is -4.59. The van der Waals surface area contributed by atoms with Crippen molar-refractivity contribution >= 4 is 6.08 Å². The fourth-order valence-corrected chi connectivity index (χ4v) is 4.82. The Morgan fingerprint density at radius 1 is 0.872 bits per heavy atom. The van der Waals surface area contributed by atoms with Crippen molar-refractivity contribution in [2.75, 3.05) is 41.2 Å². The van der Waals surface area contributed by atoms with Crippen LogP contribution in [0.2, 0.25) is 0 Å². The van der Waals surface area contributed by atoms with Crippen LogP contribution in [0.25, 0.3) is 6.08 Å². The fraction of sp³-hybridized carbons (Fsp3) is 0.481. The molecule has 2 aliphatic rings. The van der Waals surface area contributed by atoms with Gasteiger partial charge in [-0.15, -0.1) is 0 Å². The molecule has 0 spiro atoms. The quantitative estimate of drug-likeness (QED) is 0.241. The van der Waals surface area contributed by atoms with E-state index in [0.29, 0.717) is 22.6 Å². The first-order chi connectivity index (χ1) is 18.8. The van der Waals surface area contributed by atoms with Gasteiger partial charge in [0.15, 0.2) is 29.3 Å². The molecule has 0 aromatic heterocycles. The van der Waals surface area contributed by atoms with Gasteiger partial charge in [0, 0.05) is 11.1 Å². The van der Waals surface area contributed by atoms with Crippen LogP contribution in [-0.4, -0.2) is 102 Å². The van der Waals surface area contributed by atoms with Gasteiger partial charge < -0.3 is 59.1 Å². The zero-order chi connectivity index (χ0) is 28.3. The highest BCUT2D eigenvalue weighted by atomic mass is 16.7. The third-order valence-corrected chi connectivity index (χ3v) is 6.87. The monoisotopic (exact) mass is 550 g/mol. The second-order valence-electron chi connectivity index (χ2n) is 9.18. The van der Waals surface area contributed by atoms with E-state index in [4.69, 9.17) is 28.4 Å². The van der Waals surface area contributed by atoms with Crippen molar-refractivity contribution in [3.8, 4) is 28.7 Å². The van der Waals surface area contributed by atoms with Crippen LogP contribution in [0.15, 0.2) is 30.3 Å². The van der Waals surface area contributed by atoms with Crippen molar-refractivity contribution in [3.05, 3.63) is 47.0 Å². The molecule has 2 heterocycles. The summed E-state index contributed by atoms with van der Waals surface area (Å²) in [7, 11) is 4.31. The number of benzene rings is 2. The summed E-state index contributed by atoms with van der Waals surface area (Å²) in [5, 5.41) is 60.0. The van der Waals surface area contributed by atoms with Crippen LogP contribution in [-0.2, 0) is 9.47 Å². The van der Waals surface area contributed by atoms with Crippen LogP contribution in [0.3, 0.4) is 0 Å². The average molecular weight is 551 g/mol. The van der Waals surface area contributed by atoms with Gasteiger partial charge in [0.05, 0.1) is 47.1 Å². The Hall–Kier alpha value is -3.10. The Morgan fingerprint density at radius 2 is 1.54 bits per heavy atom. The van der Waals surface area contributed by atoms with Gasteiger partial charge >= 0.3 is 0 Å². The van der Waals surface area contributed by atoms with Crippen LogP contribution in [0.5, 0.6) is 28.7 Å². The number of methoxy groups -OCH3 is 3. The number of fused-ring (bicyclic) bond motifs is 1. The summed E-state index contributed by atoms with van der Waals surface area (Å²) in [4.78, 5) is 0. The molecule has 39 heavy (non-hydrogen) atoms. The largest absolute Gasteiger partial charge is 0.502 e. The molecular formula is C27H34O12. The first-order valence-electron chi connectivity index (χ1n) is 12.3. The number of rotatable bonds is 10. The van der Waals surface area contributed by atoms with Crippen LogP contribution in [0, 0.1) is 0 Å². The molecule has 1 saturated heterocycles. The van der Waals surface area contributed by atoms with Gasteiger partial charge in [0.25, 0.3) is 0 Å². The van der Waals surface area contributed by atoms with E-state index < -0.39 is 49.3 Å². The van der Waals surface area contributed by atoms with Crippen molar-refractivity contribution in [2.45, 2.75) is 42.7 Å². The number of aromatic hydroxyl groups is 1. The molecule has 0 amide bonds. The van der Waals surface area contributed by atoms with E-state index in [-0.39, 0.29) is 30.5 Å². The normalized spacial score (nSPS) is 28.3. The van der Waals surface area contributed by atoms with Gasteiger partial charge in [-0.05, 0) is 29.8 Å². The highest BCUT2D eigenvalue weighted by Gasteiger charge is 2.46. The summed E-state index contributed by atoms with van der Waals surface area (Å²) < 4.78 is 34.0. The topological polar surface area (TPSA) is 177 Å². The third-order valence-electron chi connectivity index (χ3n) is 6.87. The van der Waals surface area contributed by atoms with E-state index >= 15 is 0 Å². The van der Waals surface area contributed by atoms with Crippen molar-refractivity contribution < 1.29 is 59.1 Å². The van der Waals surface area contributed by atoms with Gasteiger partial charge in [0.1, 0.15) is 30.5 Å².